The van der Waals surface area contributed by atoms with E-state index in [0.29, 0.717) is 0 Å². The molecule has 0 spiro atoms. The van der Waals surface area contributed by atoms with Gasteiger partial charge in [0, 0.05) is 0 Å². The Kier molecular flexibility index (Phi) is 5.13. The van der Waals surface area contributed by atoms with E-state index in [9.17, 15) is 0 Å². The molecule has 0 aliphatic rings. The maximum atomic E-state index is 4.95. The van der Waals surface area contributed by atoms with E-state index in [1.54, 1.807) is 0 Å². The summed E-state index contributed by atoms with van der Waals surface area (Å²) < 4.78 is 19.8. The minimum atomic E-state index is -3.58. The van der Waals surface area contributed by atoms with Gasteiger partial charge in [-0.1, -0.05) is 0 Å². The van der Waals surface area contributed by atoms with Crippen LogP contribution in [0.3, 0.4) is 0 Å². The first-order valence-electron chi connectivity index (χ1n) is 2.45. The van der Waals surface area contributed by atoms with Crippen LogP contribution in [0.15, 0.2) is 0 Å². The molecule has 0 radical (unpaired) electrons. The maximum absolute atomic E-state index is 4.95. The molecule has 0 aromatic rings. The van der Waals surface area contributed by atoms with Crippen LogP contribution in [0.1, 0.15) is 0 Å². The van der Waals surface area contributed by atoms with E-state index in [-0.39, 0.29) is 0 Å². The van der Waals surface area contributed by atoms with Crippen molar-refractivity contribution in [2.75, 3.05) is 28.4 Å². The first-order chi connectivity index (χ1) is 4.24. The van der Waals surface area contributed by atoms with E-state index < -0.39 is 26.3 Å². The molecule has 0 saturated heterocycles. The molecule has 4 nitrogen and oxygen atoms in total. The topological polar surface area (TPSA) is 36.9 Å². The average Bonchev–Trinajstić information content (AvgIpc) is 1.95. The van der Waals surface area contributed by atoms with Gasteiger partial charge < -0.3 is 0 Å². The van der Waals surface area contributed by atoms with Gasteiger partial charge in [-0.2, -0.15) is 0 Å². The second-order valence-corrected chi connectivity index (χ2v) is 12.3. The van der Waals surface area contributed by atoms with Gasteiger partial charge in [0.15, 0.2) is 0 Å². The standard InChI is InChI=1S/4CH3O.U/c4*1-2;/h4*1H3;/q4*-1;+4. The molecule has 0 aliphatic heterocycles. The summed E-state index contributed by atoms with van der Waals surface area (Å²) in [7, 11) is 6.12. The number of hydrogen-bond acceptors (Lipinski definition) is 4. The van der Waals surface area contributed by atoms with Crippen molar-refractivity contribution in [1.29, 1.82) is 0 Å². The Morgan fingerprint density at radius 2 is 0.889 bits per heavy atom. The molecule has 0 aliphatic carbocycles. The Morgan fingerprint density at radius 3 is 0.889 bits per heavy atom. The van der Waals surface area contributed by atoms with E-state index in [2.05, 4.69) is 0 Å². The summed E-state index contributed by atoms with van der Waals surface area (Å²) in [5.74, 6) is 0. The van der Waals surface area contributed by atoms with E-state index in [4.69, 9.17) is 8.96 Å². The van der Waals surface area contributed by atoms with Crippen LogP contribution >= 0.6 is 0 Å². The van der Waals surface area contributed by atoms with E-state index >= 15 is 0 Å². The fraction of sp³-hybridized carbons (Fsp3) is 1.00. The van der Waals surface area contributed by atoms with Gasteiger partial charge in [0.1, 0.15) is 0 Å². The molecular formula is C4H12O4U. The van der Waals surface area contributed by atoms with Crippen molar-refractivity contribution in [2.45, 2.75) is 0 Å². The Balaban J connectivity index is 3.82. The normalized spacial score (nSPS) is 12.0. The van der Waals surface area contributed by atoms with Crippen LogP contribution in [-0.2, 0) is 8.96 Å². The summed E-state index contributed by atoms with van der Waals surface area (Å²) in [5.41, 5.74) is 0. The van der Waals surface area contributed by atoms with Gasteiger partial charge in [-0.15, -0.1) is 0 Å². The van der Waals surface area contributed by atoms with Crippen LogP contribution in [-0.4, -0.2) is 28.4 Å². The number of rotatable bonds is 4. The van der Waals surface area contributed by atoms with E-state index in [1.807, 2.05) is 0 Å². The minimum absolute atomic E-state index is 1.53. The summed E-state index contributed by atoms with van der Waals surface area (Å²) in [5, 5.41) is 0. The fourth-order valence-electron chi connectivity index (χ4n) is 0.500. The Hall–Kier alpha value is 0.892. The zero-order valence-electron chi connectivity index (χ0n) is 6.13. The molecule has 0 fully saturated rings. The molecule has 0 aromatic carbocycles. The molecule has 0 aromatic heterocycles. The molecule has 0 rings (SSSR count). The molecular weight excluding hydrogens is 350 g/mol. The quantitative estimate of drug-likeness (QED) is 0.725. The molecule has 0 amide bonds. The summed E-state index contributed by atoms with van der Waals surface area (Å²) in [6, 6.07) is 0. The molecule has 0 saturated carbocycles. The molecule has 0 unspecified atom stereocenters. The zero-order valence-corrected chi connectivity index (χ0v) is 10.3. The zero-order chi connectivity index (χ0) is 7.33. The van der Waals surface area contributed by atoms with Gasteiger partial charge in [0.05, 0.1) is 0 Å². The number of hydrogen-bond donors (Lipinski definition) is 0. The van der Waals surface area contributed by atoms with Gasteiger partial charge in [0.25, 0.3) is 0 Å². The van der Waals surface area contributed by atoms with Crippen molar-refractivity contribution in [1.82, 2.24) is 0 Å². The molecule has 56 valence electrons. The van der Waals surface area contributed by atoms with Crippen molar-refractivity contribution in [3.63, 3.8) is 0 Å². The third kappa shape index (κ3) is 2.54. The second-order valence-electron chi connectivity index (χ2n) is 1.32. The summed E-state index contributed by atoms with van der Waals surface area (Å²) >= 11 is -3.58. The second kappa shape index (κ2) is 4.67. The third-order valence-electron chi connectivity index (χ3n) is 1.00. The van der Waals surface area contributed by atoms with Crippen LogP contribution in [0.2, 0.25) is 0 Å². The molecule has 0 heterocycles. The van der Waals surface area contributed by atoms with Crippen LogP contribution in [0, 0.1) is 26.3 Å². The third-order valence-corrected chi connectivity index (χ3v) is 9.33. The van der Waals surface area contributed by atoms with Crippen molar-refractivity contribution in [3.05, 3.63) is 0 Å². The average molecular weight is 362 g/mol. The molecule has 5 heteroatoms. The van der Waals surface area contributed by atoms with Gasteiger partial charge >= 0.3 is 63.7 Å². The molecule has 0 atom stereocenters. The molecule has 0 bridgehead atoms. The summed E-state index contributed by atoms with van der Waals surface area (Å²) in [6.07, 6.45) is 0. The van der Waals surface area contributed by atoms with Crippen molar-refractivity contribution in [3.8, 4) is 0 Å². The van der Waals surface area contributed by atoms with Crippen LogP contribution in [0.5, 0.6) is 0 Å². The van der Waals surface area contributed by atoms with Gasteiger partial charge in [-0.25, -0.2) is 0 Å². The first-order valence-corrected chi connectivity index (χ1v) is 9.25. The molecule has 9 heavy (non-hydrogen) atoms. The van der Waals surface area contributed by atoms with Crippen LogP contribution in [0.4, 0.5) is 0 Å². The SMILES string of the molecule is C[O][U]([O]C)([O]C)[O]C. The van der Waals surface area contributed by atoms with Crippen molar-refractivity contribution >= 4 is 0 Å². The van der Waals surface area contributed by atoms with Crippen LogP contribution < -0.4 is 0 Å². The van der Waals surface area contributed by atoms with Gasteiger partial charge in [-0.3, -0.25) is 0 Å². The molecule has 0 N–H and O–H groups in total. The summed E-state index contributed by atoms with van der Waals surface area (Å²) in [6.45, 7) is 0. The predicted molar refractivity (Wildman–Crippen MR) is 28.0 cm³/mol. The summed E-state index contributed by atoms with van der Waals surface area (Å²) in [4.78, 5) is 0. The first kappa shape index (κ1) is 9.89. The van der Waals surface area contributed by atoms with E-state index in [0.717, 1.165) is 0 Å². The fourth-order valence-corrected chi connectivity index (χ4v) is 4.66. The Bertz CT molecular complexity index is 55.5. The van der Waals surface area contributed by atoms with Gasteiger partial charge in [-0.05, 0) is 0 Å². The Labute approximate surface area is 63.7 Å². The van der Waals surface area contributed by atoms with Crippen LogP contribution in [0.25, 0.3) is 0 Å². The Morgan fingerprint density at radius 1 is 0.667 bits per heavy atom. The predicted octanol–water partition coefficient (Wildman–Crippen LogP) is 0.388. The van der Waals surface area contributed by atoms with E-state index in [1.165, 1.54) is 28.4 Å². The van der Waals surface area contributed by atoms with Gasteiger partial charge in [0.2, 0.25) is 0 Å². The van der Waals surface area contributed by atoms with Crippen molar-refractivity contribution in [2.24, 2.45) is 0 Å². The monoisotopic (exact) mass is 362 g/mol. The van der Waals surface area contributed by atoms with Crippen molar-refractivity contribution < 1.29 is 35.3 Å².